The van der Waals surface area contributed by atoms with E-state index in [1.54, 1.807) is 12.1 Å². The van der Waals surface area contributed by atoms with Crippen LogP contribution in [0.5, 0.6) is 0 Å². The van der Waals surface area contributed by atoms with Gasteiger partial charge in [0, 0.05) is 26.6 Å². The van der Waals surface area contributed by atoms with Crippen molar-refractivity contribution in [1.82, 2.24) is 15.2 Å². The van der Waals surface area contributed by atoms with Crippen molar-refractivity contribution >= 4 is 11.7 Å². The van der Waals surface area contributed by atoms with E-state index in [0.29, 0.717) is 17.9 Å². The molecule has 1 saturated heterocycles. The molecule has 1 aromatic rings. The molecular weight excluding hydrogens is 258 g/mol. The van der Waals surface area contributed by atoms with Gasteiger partial charge in [-0.25, -0.2) is 0 Å². The van der Waals surface area contributed by atoms with E-state index in [0.717, 1.165) is 39.3 Å². The molecule has 0 bridgehead atoms. The van der Waals surface area contributed by atoms with E-state index in [1.165, 1.54) is 6.92 Å². The van der Waals surface area contributed by atoms with Crippen molar-refractivity contribution in [2.45, 2.75) is 13.3 Å². The second kappa shape index (κ2) is 7.21. The number of carbonyl (C=O) groups is 2. The number of ketones is 1. The maximum atomic E-state index is 11.8. The topological polar surface area (TPSA) is 74.4 Å². The highest BCUT2D eigenvalue weighted by atomic mass is 16.5. The van der Waals surface area contributed by atoms with Crippen molar-refractivity contribution in [1.29, 1.82) is 0 Å². The molecule has 2 N–H and O–H groups in total. The van der Waals surface area contributed by atoms with Gasteiger partial charge in [-0.15, -0.1) is 0 Å². The van der Waals surface area contributed by atoms with Crippen LogP contribution in [0.3, 0.4) is 0 Å². The van der Waals surface area contributed by atoms with Gasteiger partial charge in [-0.05, 0) is 25.1 Å². The minimum atomic E-state index is -0.167. The van der Waals surface area contributed by atoms with Crippen molar-refractivity contribution in [3.8, 4) is 0 Å². The highest BCUT2D eigenvalue weighted by Crippen LogP contribution is 2.03. The van der Waals surface area contributed by atoms with Gasteiger partial charge in [-0.2, -0.15) is 0 Å². The van der Waals surface area contributed by atoms with Gasteiger partial charge in [0.2, 0.25) is 0 Å². The number of rotatable bonds is 6. The third kappa shape index (κ3) is 4.18. The molecule has 0 radical (unpaired) electrons. The van der Waals surface area contributed by atoms with Crippen LogP contribution in [0.15, 0.2) is 12.1 Å². The minimum Gasteiger partial charge on any atom is -0.379 e. The molecular formula is C14H21N3O3. The number of nitrogens with one attached hydrogen (secondary N) is 2. The van der Waals surface area contributed by atoms with Crippen LogP contribution in [0.2, 0.25) is 0 Å². The zero-order valence-electron chi connectivity index (χ0n) is 11.8. The van der Waals surface area contributed by atoms with E-state index in [-0.39, 0.29) is 11.7 Å². The average molecular weight is 279 g/mol. The summed E-state index contributed by atoms with van der Waals surface area (Å²) in [5.74, 6) is -0.240. The summed E-state index contributed by atoms with van der Waals surface area (Å²) in [6.45, 7) is 6.58. The Balaban J connectivity index is 1.67. The van der Waals surface area contributed by atoms with Crippen molar-refractivity contribution in [2.24, 2.45) is 0 Å². The molecule has 0 atom stereocenters. The number of hydrogen-bond donors (Lipinski definition) is 2. The van der Waals surface area contributed by atoms with Gasteiger partial charge in [0.25, 0.3) is 5.91 Å². The molecule has 0 spiro atoms. The number of ether oxygens (including phenoxy) is 1. The Morgan fingerprint density at radius 3 is 2.65 bits per heavy atom. The first-order valence-electron chi connectivity index (χ1n) is 6.95. The normalized spacial score (nSPS) is 16.1. The van der Waals surface area contributed by atoms with E-state index in [1.807, 2.05) is 0 Å². The van der Waals surface area contributed by atoms with E-state index >= 15 is 0 Å². The van der Waals surface area contributed by atoms with Gasteiger partial charge in [-0.1, -0.05) is 0 Å². The van der Waals surface area contributed by atoms with Gasteiger partial charge in [-0.3, -0.25) is 14.5 Å². The number of carbonyl (C=O) groups excluding carboxylic acids is 2. The van der Waals surface area contributed by atoms with Crippen LogP contribution in [-0.2, 0) is 4.74 Å². The van der Waals surface area contributed by atoms with Crippen LogP contribution in [0.4, 0.5) is 0 Å². The van der Waals surface area contributed by atoms with E-state index in [9.17, 15) is 9.59 Å². The zero-order valence-corrected chi connectivity index (χ0v) is 11.8. The molecule has 1 aromatic heterocycles. The molecule has 20 heavy (non-hydrogen) atoms. The number of hydrogen-bond acceptors (Lipinski definition) is 4. The lowest BCUT2D eigenvalue weighted by Gasteiger charge is -2.26. The third-order valence-corrected chi connectivity index (χ3v) is 3.35. The van der Waals surface area contributed by atoms with Crippen LogP contribution in [0.25, 0.3) is 0 Å². The van der Waals surface area contributed by atoms with Crippen molar-refractivity contribution in [2.75, 3.05) is 39.4 Å². The number of aromatic amines is 1. The Labute approximate surface area is 118 Å². The summed E-state index contributed by atoms with van der Waals surface area (Å²) in [6.07, 6.45) is 0.909. The Kier molecular flexibility index (Phi) is 5.31. The summed E-state index contributed by atoms with van der Waals surface area (Å²) in [5, 5.41) is 2.85. The summed E-state index contributed by atoms with van der Waals surface area (Å²) in [7, 11) is 0. The van der Waals surface area contributed by atoms with Crippen LogP contribution < -0.4 is 5.32 Å². The summed E-state index contributed by atoms with van der Waals surface area (Å²) < 4.78 is 5.28. The Hall–Kier alpha value is -1.66. The lowest BCUT2D eigenvalue weighted by atomic mass is 10.3. The molecule has 0 saturated carbocycles. The summed E-state index contributed by atoms with van der Waals surface area (Å²) >= 11 is 0. The summed E-state index contributed by atoms with van der Waals surface area (Å²) in [6, 6.07) is 3.26. The fourth-order valence-electron chi connectivity index (χ4n) is 2.16. The third-order valence-electron chi connectivity index (χ3n) is 3.35. The van der Waals surface area contributed by atoms with Crippen molar-refractivity contribution < 1.29 is 14.3 Å². The van der Waals surface area contributed by atoms with E-state index in [2.05, 4.69) is 15.2 Å². The monoisotopic (exact) mass is 279 g/mol. The largest absolute Gasteiger partial charge is 0.379 e. The molecule has 110 valence electrons. The van der Waals surface area contributed by atoms with Gasteiger partial charge in [0.05, 0.1) is 18.9 Å². The van der Waals surface area contributed by atoms with E-state index in [4.69, 9.17) is 4.74 Å². The Morgan fingerprint density at radius 2 is 2.00 bits per heavy atom. The fourth-order valence-corrected chi connectivity index (χ4v) is 2.16. The SMILES string of the molecule is CC(=O)c1ccc(C(=O)NCCCN2CCOCC2)[nH]1. The lowest BCUT2D eigenvalue weighted by molar-refractivity contribution is 0.0374. The van der Waals surface area contributed by atoms with Crippen LogP contribution in [-0.4, -0.2) is 61.0 Å². The van der Waals surface area contributed by atoms with Gasteiger partial charge in [0.1, 0.15) is 5.69 Å². The minimum absolute atomic E-state index is 0.0728. The average Bonchev–Trinajstić information content (AvgIpc) is 2.94. The first kappa shape index (κ1) is 14.7. The first-order chi connectivity index (χ1) is 9.66. The summed E-state index contributed by atoms with van der Waals surface area (Å²) in [5.41, 5.74) is 0.894. The second-order valence-corrected chi connectivity index (χ2v) is 4.91. The second-order valence-electron chi connectivity index (χ2n) is 4.91. The van der Waals surface area contributed by atoms with Crippen LogP contribution in [0, 0.1) is 0 Å². The van der Waals surface area contributed by atoms with Crippen LogP contribution in [0.1, 0.15) is 34.3 Å². The fraction of sp³-hybridized carbons (Fsp3) is 0.571. The smallest absolute Gasteiger partial charge is 0.267 e. The molecule has 1 fully saturated rings. The zero-order chi connectivity index (χ0) is 14.4. The molecule has 1 aliphatic heterocycles. The van der Waals surface area contributed by atoms with Gasteiger partial charge >= 0.3 is 0 Å². The standard InChI is InChI=1S/C14H21N3O3/c1-11(18)12-3-4-13(16-12)14(19)15-5-2-6-17-7-9-20-10-8-17/h3-4,16H,2,5-10H2,1H3,(H,15,19). The number of H-pyrrole nitrogens is 1. The van der Waals surface area contributed by atoms with Crippen molar-refractivity contribution in [3.63, 3.8) is 0 Å². The summed E-state index contributed by atoms with van der Waals surface area (Å²) in [4.78, 5) is 28.1. The number of aromatic nitrogens is 1. The molecule has 0 unspecified atom stereocenters. The Bertz CT molecular complexity index is 464. The van der Waals surface area contributed by atoms with E-state index < -0.39 is 0 Å². The molecule has 0 aromatic carbocycles. The lowest BCUT2D eigenvalue weighted by Crippen LogP contribution is -2.38. The predicted molar refractivity (Wildman–Crippen MR) is 75.0 cm³/mol. The number of morpholine rings is 1. The quantitative estimate of drug-likeness (QED) is 0.593. The molecule has 1 amide bonds. The van der Waals surface area contributed by atoms with Crippen LogP contribution >= 0.6 is 0 Å². The maximum absolute atomic E-state index is 11.8. The molecule has 6 heteroatoms. The predicted octanol–water partition coefficient (Wildman–Crippen LogP) is 0.669. The van der Waals surface area contributed by atoms with Crippen molar-refractivity contribution in [3.05, 3.63) is 23.5 Å². The maximum Gasteiger partial charge on any atom is 0.267 e. The molecule has 0 aliphatic carbocycles. The highest BCUT2D eigenvalue weighted by Gasteiger charge is 2.11. The molecule has 2 heterocycles. The molecule has 6 nitrogen and oxygen atoms in total. The molecule has 2 rings (SSSR count). The number of amides is 1. The highest BCUT2D eigenvalue weighted by molar-refractivity contribution is 5.97. The first-order valence-corrected chi connectivity index (χ1v) is 6.95. The van der Waals surface area contributed by atoms with Gasteiger partial charge in [0.15, 0.2) is 5.78 Å². The Morgan fingerprint density at radius 1 is 1.30 bits per heavy atom. The number of nitrogens with zero attached hydrogens (tertiary/aromatic N) is 1. The molecule has 1 aliphatic rings. The van der Waals surface area contributed by atoms with Gasteiger partial charge < -0.3 is 15.0 Å². The number of Topliss-reactive ketones (excluding diaryl/α,β-unsaturated/α-hetero) is 1.